The van der Waals surface area contributed by atoms with Crippen LogP contribution in [0.4, 0.5) is 0 Å². The van der Waals surface area contributed by atoms with Crippen molar-refractivity contribution in [2.75, 3.05) is 13.1 Å². The molecule has 7 nitrogen and oxygen atoms in total. The summed E-state index contributed by atoms with van der Waals surface area (Å²) in [5.41, 5.74) is 0. The molecule has 0 saturated carbocycles. The molecule has 0 radical (unpaired) electrons. The molecule has 0 spiro atoms. The zero-order chi connectivity index (χ0) is 12.7. The normalized spacial score (nSPS) is 12.4. The van der Waals surface area contributed by atoms with Crippen molar-refractivity contribution in [3.8, 4) is 0 Å². The lowest BCUT2D eigenvalue weighted by Crippen LogP contribution is -2.41. The molecule has 1 atom stereocenters. The zero-order valence-electron chi connectivity index (χ0n) is 8.92. The average molecular weight is 233 g/mol. The first-order valence-electron chi connectivity index (χ1n) is 4.75. The van der Waals surface area contributed by atoms with Gasteiger partial charge in [-0.25, -0.2) is 0 Å². The van der Waals surface area contributed by atoms with Gasteiger partial charge in [0.1, 0.15) is 6.04 Å². The van der Waals surface area contributed by atoms with Crippen LogP contribution in [-0.2, 0) is 14.4 Å². The van der Waals surface area contributed by atoms with E-state index in [2.05, 4.69) is 0 Å². The summed E-state index contributed by atoms with van der Waals surface area (Å²) in [5, 5.41) is 25.7. The smallest absolute Gasteiger partial charge is 0.320 e. The highest BCUT2D eigenvalue weighted by Crippen LogP contribution is 2.02. The highest BCUT2D eigenvalue weighted by molar-refractivity contribution is 5.73. The van der Waals surface area contributed by atoms with E-state index in [0.29, 0.717) is 0 Å². The predicted molar refractivity (Wildman–Crippen MR) is 53.2 cm³/mol. The summed E-state index contributed by atoms with van der Waals surface area (Å²) >= 11 is 0. The number of hydrogen-bond donors (Lipinski definition) is 3. The molecule has 0 aromatic rings. The zero-order valence-corrected chi connectivity index (χ0v) is 8.92. The number of hydrogen-bond acceptors (Lipinski definition) is 4. The van der Waals surface area contributed by atoms with E-state index in [0.717, 1.165) is 0 Å². The third kappa shape index (κ3) is 5.97. The number of nitrogens with zero attached hydrogens (tertiary/aromatic N) is 1. The molecule has 0 unspecified atom stereocenters. The maximum atomic E-state index is 10.7. The summed E-state index contributed by atoms with van der Waals surface area (Å²) in [7, 11) is 0. The Morgan fingerprint density at radius 3 is 1.62 bits per heavy atom. The summed E-state index contributed by atoms with van der Waals surface area (Å²) in [6.45, 7) is 1.44. The topological polar surface area (TPSA) is 115 Å². The van der Waals surface area contributed by atoms with Gasteiger partial charge in [0.15, 0.2) is 0 Å². The van der Waals surface area contributed by atoms with Gasteiger partial charge in [0.25, 0.3) is 0 Å². The minimum Gasteiger partial charge on any atom is -0.481 e. The van der Waals surface area contributed by atoms with E-state index in [1.165, 1.54) is 11.8 Å². The number of aliphatic carboxylic acids is 3. The van der Waals surface area contributed by atoms with Crippen molar-refractivity contribution in [3.05, 3.63) is 0 Å². The quantitative estimate of drug-likeness (QED) is 0.527. The molecular formula is C9H15NO6. The number of carboxylic acid groups (broad SMARTS) is 3. The minimum absolute atomic E-state index is 0.0239. The maximum absolute atomic E-state index is 10.7. The summed E-state index contributed by atoms with van der Waals surface area (Å²) in [5.74, 6) is -3.19. The molecule has 0 bridgehead atoms. The predicted octanol–water partition coefficient (Wildman–Crippen LogP) is -0.289. The summed E-state index contributed by atoms with van der Waals surface area (Å²) in [4.78, 5) is 32.7. The number of carbonyl (C=O) groups is 3. The average Bonchev–Trinajstić information content (AvgIpc) is 2.16. The van der Waals surface area contributed by atoms with Crippen LogP contribution in [0.3, 0.4) is 0 Å². The van der Waals surface area contributed by atoms with Crippen molar-refractivity contribution < 1.29 is 29.7 Å². The standard InChI is InChI=1S/C9H15NO6/c1-6(9(15)16)10(4-2-7(11)12)5-3-8(13)14/h6H,2-5H2,1H3,(H,11,12)(H,13,14)(H,15,16)/t6-/m0/s1. The van der Waals surface area contributed by atoms with E-state index in [1.807, 2.05) is 0 Å². The fourth-order valence-corrected chi connectivity index (χ4v) is 1.13. The van der Waals surface area contributed by atoms with Crippen LogP contribution in [0.15, 0.2) is 0 Å². The molecule has 16 heavy (non-hydrogen) atoms. The minimum atomic E-state index is -1.10. The lowest BCUT2D eigenvalue weighted by molar-refractivity contribution is -0.145. The molecule has 0 heterocycles. The van der Waals surface area contributed by atoms with Crippen LogP contribution in [0, 0.1) is 0 Å². The first-order valence-corrected chi connectivity index (χ1v) is 4.75. The van der Waals surface area contributed by atoms with Crippen LogP contribution in [-0.4, -0.2) is 57.3 Å². The van der Waals surface area contributed by atoms with E-state index >= 15 is 0 Å². The Balaban J connectivity index is 4.31. The second-order valence-corrected chi connectivity index (χ2v) is 3.34. The molecule has 0 aromatic heterocycles. The third-order valence-corrected chi connectivity index (χ3v) is 2.13. The van der Waals surface area contributed by atoms with Gasteiger partial charge >= 0.3 is 17.9 Å². The number of carboxylic acids is 3. The van der Waals surface area contributed by atoms with Gasteiger partial charge in [0.2, 0.25) is 0 Å². The largest absolute Gasteiger partial charge is 0.481 e. The Morgan fingerprint density at radius 2 is 1.38 bits per heavy atom. The van der Waals surface area contributed by atoms with Crippen LogP contribution in [0.5, 0.6) is 0 Å². The highest BCUT2D eigenvalue weighted by atomic mass is 16.4. The fraction of sp³-hybridized carbons (Fsp3) is 0.667. The highest BCUT2D eigenvalue weighted by Gasteiger charge is 2.21. The Morgan fingerprint density at radius 1 is 1.00 bits per heavy atom. The van der Waals surface area contributed by atoms with Gasteiger partial charge in [-0.3, -0.25) is 19.3 Å². The monoisotopic (exact) mass is 233 g/mol. The van der Waals surface area contributed by atoms with Crippen LogP contribution in [0.1, 0.15) is 19.8 Å². The van der Waals surface area contributed by atoms with E-state index in [1.54, 1.807) is 0 Å². The van der Waals surface area contributed by atoms with Crippen LogP contribution < -0.4 is 0 Å². The Kier molecular flexibility index (Phi) is 6.09. The molecule has 0 fully saturated rings. The summed E-state index contributed by atoms with van der Waals surface area (Å²) in [6.07, 6.45) is -0.422. The van der Waals surface area contributed by atoms with Gasteiger partial charge in [-0.1, -0.05) is 0 Å². The van der Waals surface area contributed by atoms with Crippen molar-refractivity contribution in [1.82, 2.24) is 4.90 Å². The molecule has 0 aliphatic heterocycles. The molecule has 0 rings (SSSR count). The van der Waals surface area contributed by atoms with Crippen molar-refractivity contribution in [2.45, 2.75) is 25.8 Å². The first kappa shape index (κ1) is 14.4. The molecule has 0 aliphatic rings. The van der Waals surface area contributed by atoms with Gasteiger partial charge in [-0.05, 0) is 6.92 Å². The van der Waals surface area contributed by atoms with Crippen LogP contribution in [0.25, 0.3) is 0 Å². The van der Waals surface area contributed by atoms with Crippen molar-refractivity contribution in [2.24, 2.45) is 0 Å². The SMILES string of the molecule is C[C@@H](C(=O)O)N(CCC(=O)O)CCC(=O)O. The second-order valence-electron chi connectivity index (χ2n) is 3.34. The molecule has 0 aromatic carbocycles. The lowest BCUT2D eigenvalue weighted by atomic mass is 10.2. The Hall–Kier alpha value is -1.63. The summed E-state index contributed by atoms with van der Waals surface area (Å²) in [6, 6.07) is -0.890. The Labute approximate surface area is 92.3 Å². The molecule has 92 valence electrons. The molecule has 7 heteroatoms. The van der Waals surface area contributed by atoms with Gasteiger partial charge in [-0.2, -0.15) is 0 Å². The number of rotatable bonds is 8. The Bertz CT molecular complexity index is 259. The fourth-order valence-electron chi connectivity index (χ4n) is 1.13. The van der Waals surface area contributed by atoms with Gasteiger partial charge < -0.3 is 15.3 Å². The van der Waals surface area contributed by atoms with Crippen molar-refractivity contribution in [1.29, 1.82) is 0 Å². The van der Waals surface area contributed by atoms with E-state index in [-0.39, 0.29) is 25.9 Å². The van der Waals surface area contributed by atoms with E-state index < -0.39 is 23.9 Å². The summed E-state index contributed by atoms with van der Waals surface area (Å²) < 4.78 is 0. The molecule has 0 aliphatic carbocycles. The third-order valence-electron chi connectivity index (χ3n) is 2.13. The molecular weight excluding hydrogens is 218 g/mol. The van der Waals surface area contributed by atoms with E-state index in [9.17, 15) is 14.4 Å². The van der Waals surface area contributed by atoms with Gasteiger partial charge in [0.05, 0.1) is 12.8 Å². The molecule has 0 amide bonds. The lowest BCUT2D eigenvalue weighted by Gasteiger charge is -2.24. The maximum Gasteiger partial charge on any atom is 0.320 e. The van der Waals surface area contributed by atoms with E-state index in [4.69, 9.17) is 15.3 Å². The second kappa shape index (κ2) is 6.78. The van der Waals surface area contributed by atoms with Crippen LogP contribution in [0.2, 0.25) is 0 Å². The molecule has 0 saturated heterocycles. The van der Waals surface area contributed by atoms with Crippen LogP contribution >= 0.6 is 0 Å². The van der Waals surface area contributed by atoms with Gasteiger partial charge in [-0.15, -0.1) is 0 Å². The molecule has 3 N–H and O–H groups in total. The van der Waals surface area contributed by atoms with Crippen molar-refractivity contribution >= 4 is 17.9 Å². The first-order chi connectivity index (χ1) is 7.34. The van der Waals surface area contributed by atoms with Gasteiger partial charge in [0, 0.05) is 13.1 Å². The van der Waals surface area contributed by atoms with Crippen molar-refractivity contribution in [3.63, 3.8) is 0 Å².